The zero-order valence-electron chi connectivity index (χ0n) is 15.7. The van der Waals surface area contributed by atoms with E-state index in [0.29, 0.717) is 11.6 Å². The minimum atomic E-state index is -0.0801. The van der Waals surface area contributed by atoms with Crippen LogP contribution in [0.5, 0.6) is 0 Å². The molecule has 3 aromatic rings. The Kier molecular flexibility index (Phi) is 4.01. The van der Waals surface area contributed by atoms with E-state index in [1.165, 1.54) is 23.1 Å². The van der Waals surface area contributed by atoms with Crippen molar-refractivity contribution in [2.75, 3.05) is 25.5 Å². The Hall–Kier alpha value is -2.60. The van der Waals surface area contributed by atoms with Crippen LogP contribution in [-0.2, 0) is 12.8 Å². The van der Waals surface area contributed by atoms with E-state index >= 15 is 0 Å². The van der Waals surface area contributed by atoms with Crippen LogP contribution >= 0.6 is 0 Å². The quantitative estimate of drug-likeness (QED) is 0.750. The van der Waals surface area contributed by atoms with Crippen LogP contribution in [0.1, 0.15) is 46.9 Å². The second kappa shape index (κ2) is 6.53. The number of carbonyl (C=O) groups is 1. The number of rotatable bonds is 3. The van der Waals surface area contributed by atoms with Crippen LogP contribution in [0.2, 0.25) is 0 Å². The highest BCUT2D eigenvalue weighted by Crippen LogP contribution is 2.32. The molecule has 0 bridgehead atoms. The summed E-state index contributed by atoms with van der Waals surface area (Å²) in [5.74, 6) is -0.0801. The molecule has 5 rings (SSSR count). The molecule has 0 saturated carbocycles. The Morgan fingerprint density at radius 1 is 1.26 bits per heavy atom. The van der Waals surface area contributed by atoms with E-state index in [1.807, 2.05) is 23.0 Å². The average Bonchev–Trinajstić information content (AvgIpc) is 3.38. The highest BCUT2D eigenvalue weighted by Gasteiger charge is 2.22. The molecular formula is C21H25N5O. The van der Waals surface area contributed by atoms with Gasteiger partial charge in [0, 0.05) is 17.3 Å². The van der Waals surface area contributed by atoms with Gasteiger partial charge in [-0.1, -0.05) is 12.1 Å². The molecule has 1 saturated heterocycles. The number of aromatic nitrogens is 3. The maximum atomic E-state index is 12.9. The summed E-state index contributed by atoms with van der Waals surface area (Å²) in [5.41, 5.74) is 5.10. The third-order valence-corrected chi connectivity index (χ3v) is 6.05. The summed E-state index contributed by atoms with van der Waals surface area (Å²) in [5, 5.41) is 8.71. The maximum absolute atomic E-state index is 12.9. The van der Waals surface area contributed by atoms with Gasteiger partial charge in [-0.15, -0.1) is 0 Å². The molecule has 1 aliphatic carbocycles. The van der Waals surface area contributed by atoms with E-state index in [2.05, 4.69) is 33.4 Å². The Balaban J connectivity index is 1.36. The predicted molar refractivity (Wildman–Crippen MR) is 106 cm³/mol. The van der Waals surface area contributed by atoms with Crippen LogP contribution in [-0.4, -0.2) is 45.7 Å². The van der Waals surface area contributed by atoms with Crippen LogP contribution in [0.25, 0.3) is 10.9 Å². The van der Waals surface area contributed by atoms with E-state index < -0.39 is 0 Å². The molecule has 2 N–H and O–H groups in total. The van der Waals surface area contributed by atoms with Gasteiger partial charge in [0.05, 0.1) is 29.0 Å². The van der Waals surface area contributed by atoms with Crippen molar-refractivity contribution in [3.8, 4) is 0 Å². The van der Waals surface area contributed by atoms with E-state index in [0.717, 1.165) is 50.0 Å². The van der Waals surface area contributed by atoms with E-state index in [1.54, 1.807) is 6.20 Å². The molecule has 1 fully saturated rings. The molecule has 140 valence electrons. The van der Waals surface area contributed by atoms with Gasteiger partial charge in [-0.2, -0.15) is 5.10 Å². The molecular weight excluding hydrogens is 338 g/mol. The largest absolute Gasteiger partial charge is 0.358 e. The standard InChI is InChI=1S/C21H25N5O/c1-25-10-8-15(9-11-25)26-13-14(12-22-26)23-21(27)18-6-2-5-17-16-4-3-7-19(16)24-20(17)18/h2,5-6,12-13,15,24H,3-4,7-11H2,1H3,(H,23,27). The summed E-state index contributed by atoms with van der Waals surface area (Å²) in [6.07, 6.45) is 9.29. The van der Waals surface area contributed by atoms with Crippen molar-refractivity contribution < 1.29 is 4.79 Å². The van der Waals surface area contributed by atoms with Crippen molar-refractivity contribution in [2.45, 2.75) is 38.1 Å². The number of piperidine rings is 1. The third-order valence-electron chi connectivity index (χ3n) is 6.05. The predicted octanol–water partition coefficient (Wildman–Crippen LogP) is 3.37. The summed E-state index contributed by atoms with van der Waals surface area (Å²) in [6.45, 7) is 2.18. The number of amides is 1. The smallest absolute Gasteiger partial charge is 0.257 e. The first-order valence-corrected chi connectivity index (χ1v) is 9.85. The molecule has 2 aliphatic rings. The lowest BCUT2D eigenvalue weighted by atomic mass is 10.1. The molecule has 1 aromatic carbocycles. The number of aromatic amines is 1. The summed E-state index contributed by atoms with van der Waals surface area (Å²) in [4.78, 5) is 18.7. The van der Waals surface area contributed by atoms with Crippen LogP contribution in [0.15, 0.2) is 30.6 Å². The van der Waals surface area contributed by atoms with Gasteiger partial charge in [0.25, 0.3) is 5.91 Å². The molecule has 0 atom stereocenters. The van der Waals surface area contributed by atoms with Crippen molar-refractivity contribution in [1.29, 1.82) is 0 Å². The van der Waals surface area contributed by atoms with Gasteiger partial charge in [-0.25, -0.2) is 0 Å². The number of benzene rings is 1. The number of fused-ring (bicyclic) bond motifs is 3. The average molecular weight is 363 g/mol. The van der Waals surface area contributed by atoms with Crippen molar-refractivity contribution in [3.63, 3.8) is 0 Å². The number of carbonyl (C=O) groups excluding carboxylic acids is 1. The molecule has 2 aromatic heterocycles. The Morgan fingerprint density at radius 3 is 2.96 bits per heavy atom. The summed E-state index contributed by atoms with van der Waals surface area (Å²) in [7, 11) is 2.15. The third kappa shape index (κ3) is 2.94. The van der Waals surface area contributed by atoms with Gasteiger partial charge >= 0.3 is 0 Å². The normalized spacial score (nSPS) is 18.1. The Labute approximate surface area is 158 Å². The molecule has 6 heteroatoms. The lowest BCUT2D eigenvalue weighted by molar-refractivity contribution is 0.102. The molecule has 3 heterocycles. The van der Waals surface area contributed by atoms with E-state index in [-0.39, 0.29) is 5.91 Å². The molecule has 6 nitrogen and oxygen atoms in total. The SMILES string of the molecule is CN1CCC(n2cc(NC(=O)c3cccc4c5c([nH]c34)CCC5)cn2)CC1. The molecule has 0 radical (unpaired) electrons. The maximum Gasteiger partial charge on any atom is 0.257 e. The number of aryl methyl sites for hydroxylation is 2. The number of anilines is 1. The van der Waals surface area contributed by atoms with Gasteiger partial charge in [0.15, 0.2) is 0 Å². The van der Waals surface area contributed by atoms with Crippen molar-refractivity contribution in [1.82, 2.24) is 19.7 Å². The van der Waals surface area contributed by atoms with Crippen molar-refractivity contribution >= 4 is 22.5 Å². The first-order chi connectivity index (χ1) is 13.2. The van der Waals surface area contributed by atoms with Crippen LogP contribution in [0.3, 0.4) is 0 Å². The summed E-state index contributed by atoms with van der Waals surface area (Å²) in [6, 6.07) is 6.41. The van der Waals surface area contributed by atoms with Gasteiger partial charge < -0.3 is 15.2 Å². The van der Waals surface area contributed by atoms with Crippen LogP contribution in [0.4, 0.5) is 5.69 Å². The molecule has 1 aliphatic heterocycles. The highest BCUT2D eigenvalue weighted by molar-refractivity contribution is 6.12. The number of H-pyrrole nitrogens is 1. The molecule has 1 amide bonds. The molecule has 0 unspecified atom stereocenters. The summed E-state index contributed by atoms with van der Waals surface area (Å²) < 4.78 is 2.01. The number of likely N-dealkylation sites (tertiary alicyclic amines) is 1. The van der Waals surface area contributed by atoms with E-state index in [9.17, 15) is 4.79 Å². The minimum absolute atomic E-state index is 0.0801. The van der Waals surface area contributed by atoms with Crippen molar-refractivity contribution in [3.05, 3.63) is 47.4 Å². The minimum Gasteiger partial charge on any atom is -0.358 e. The highest BCUT2D eigenvalue weighted by atomic mass is 16.1. The van der Waals surface area contributed by atoms with Gasteiger partial charge in [0.2, 0.25) is 0 Å². The number of nitrogens with zero attached hydrogens (tertiary/aromatic N) is 3. The molecule has 27 heavy (non-hydrogen) atoms. The van der Waals surface area contributed by atoms with Gasteiger partial charge in [0.1, 0.15) is 0 Å². The lowest BCUT2D eigenvalue weighted by Crippen LogP contribution is -2.31. The summed E-state index contributed by atoms with van der Waals surface area (Å²) >= 11 is 0. The monoisotopic (exact) mass is 363 g/mol. The van der Waals surface area contributed by atoms with Crippen LogP contribution < -0.4 is 5.32 Å². The Morgan fingerprint density at radius 2 is 2.11 bits per heavy atom. The fourth-order valence-electron chi connectivity index (χ4n) is 4.52. The number of hydrogen-bond donors (Lipinski definition) is 2. The Bertz CT molecular complexity index is 993. The zero-order chi connectivity index (χ0) is 18.4. The molecule has 0 spiro atoms. The number of para-hydroxylation sites is 1. The first kappa shape index (κ1) is 16.6. The van der Waals surface area contributed by atoms with Gasteiger partial charge in [-0.3, -0.25) is 9.48 Å². The number of hydrogen-bond acceptors (Lipinski definition) is 3. The fourth-order valence-corrected chi connectivity index (χ4v) is 4.52. The topological polar surface area (TPSA) is 65.9 Å². The second-order valence-electron chi connectivity index (χ2n) is 7.86. The first-order valence-electron chi connectivity index (χ1n) is 9.85. The lowest BCUT2D eigenvalue weighted by Gasteiger charge is -2.28. The second-order valence-corrected chi connectivity index (χ2v) is 7.86. The fraction of sp³-hybridized carbons (Fsp3) is 0.429. The van der Waals surface area contributed by atoms with Crippen LogP contribution in [0, 0.1) is 0 Å². The van der Waals surface area contributed by atoms with Crippen molar-refractivity contribution in [2.24, 2.45) is 0 Å². The van der Waals surface area contributed by atoms with E-state index in [4.69, 9.17) is 0 Å². The zero-order valence-corrected chi connectivity index (χ0v) is 15.7. The number of nitrogens with one attached hydrogen (secondary N) is 2. The van der Waals surface area contributed by atoms with Gasteiger partial charge in [-0.05, 0) is 63.9 Å².